The fourth-order valence-corrected chi connectivity index (χ4v) is 4.14. The van der Waals surface area contributed by atoms with Crippen molar-refractivity contribution in [3.8, 4) is 0 Å². The molecule has 1 aromatic heterocycles. The van der Waals surface area contributed by atoms with Crippen molar-refractivity contribution in [3.63, 3.8) is 0 Å². The van der Waals surface area contributed by atoms with Crippen LogP contribution < -0.4 is 5.32 Å². The summed E-state index contributed by atoms with van der Waals surface area (Å²) in [6.45, 7) is 4.15. The molecule has 140 valence electrons. The van der Waals surface area contributed by atoms with E-state index in [0.717, 1.165) is 34.9 Å². The highest BCUT2D eigenvalue weighted by Gasteiger charge is 2.21. The van der Waals surface area contributed by atoms with E-state index in [-0.39, 0.29) is 18.3 Å². The Kier molecular flexibility index (Phi) is 7.75. The van der Waals surface area contributed by atoms with Gasteiger partial charge in [0.2, 0.25) is 5.91 Å². The van der Waals surface area contributed by atoms with Crippen molar-refractivity contribution in [2.24, 2.45) is 4.99 Å². The first-order valence-corrected chi connectivity index (χ1v) is 9.85. The summed E-state index contributed by atoms with van der Waals surface area (Å²) in [5, 5.41) is 13.4. The van der Waals surface area contributed by atoms with Gasteiger partial charge in [-0.25, -0.2) is 0 Å². The minimum absolute atomic E-state index is 0.00369. The van der Waals surface area contributed by atoms with Crippen LogP contribution in [0, 0.1) is 0 Å². The number of nitrogens with one attached hydrogen (secondary N) is 1. The van der Waals surface area contributed by atoms with Crippen LogP contribution in [0.2, 0.25) is 5.02 Å². The Labute approximate surface area is 162 Å². The van der Waals surface area contributed by atoms with E-state index in [4.69, 9.17) is 16.7 Å². The molecule has 0 radical (unpaired) electrons. The Bertz CT molecular complexity index is 830. The van der Waals surface area contributed by atoms with Crippen LogP contribution in [0.1, 0.15) is 55.5 Å². The number of hydrogen-bond acceptors (Lipinski definition) is 5. The minimum atomic E-state index is -0.219. The maximum Gasteiger partial charge on any atom is 0.221 e. The molecular weight excluding hydrogens is 372 g/mol. The van der Waals surface area contributed by atoms with Crippen LogP contribution in [0.25, 0.3) is 10.1 Å². The molecular formula is C19H23ClN2O3S. The van der Waals surface area contributed by atoms with Gasteiger partial charge in [0.25, 0.3) is 0 Å². The average Bonchev–Trinajstić information content (AvgIpc) is 2.95. The summed E-state index contributed by atoms with van der Waals surface area (Å²) in [6, 6.07) is 3.70. The largest absolute Gasteiger partial charge is 0.396 e. The lowest BCUT2D eigenvalue weighted by Gasteiger charge is -2.04. The predicted molar refractivity (Wildman–Crippen MR) is 109 cm³/mol. The molecule has 0 spiro atoms. The molecule has 0 aliphatic rings. The summed E-state index contributed by atoms with van der Waals surface area (Å²) in [4.78, 5) is 28.4. The average molecular weight is 395 g/mol. The van der Waals surface area contributed by atoms with Gasteiger partial charge < -0.3 is 10.4 Å². The number of aliphatic hydroxyl groups excluding tert-OH is 1. The molecule has 5 nitrogen and oxygen atoms in total. The number of nitrogens with zero attached hydrogens (tertiary/aromatic N) is 1. The second-order valence-electron chi connectivity index (χ2n) is 5.97. The lowest BCUT2D eigenvalue weighted by molar-refractivity contribution is -0.114. The van der Waals surface area contributed by atoms with Gasteiger partial charge in [-0.05, 0) is 19.3 Å². The van der Waals surface area contributed by atoms with Crippen LogP contribution in [-0.2, 0) is 4.79 Å². The van der Waals surface area contributed by atoms with Crippen molar-refractivity contribution >= 4 is 55.9 Å². The van der Waals surface area contributed by atoms with Gasteiger partial charge in [-0.1, -0.05) is 30.7 Å². The van der Waals surface area contributed by atoms with E-state index in [1.165, 1.54) is 18.3 Å². The van der Waals surface area contributed by atoms with Gasteiger partial charge in [0, 0.05) is 43.7 Å². The summed E-state index contributed by atoms with van der Waals surface area (Å²) < 4.78 is 0.772. The summed E-state index contributed by atoms with van der Waals surface area (Å²) in [5.41, 5.74) is 1.31. The first kappa shape index (κ1) is 20.6. The monoisotopic (exact) mass is 394 g/mol. The maximum atomic E-state index is 12.6. The molecule has 0 fully saturated rings. The van der Waals surface area contributed by atoms with Crippen molar-refractivity contribution in [2.75, 3.05) is 18.5 Å². The van der Waals surface area contributed by atoms with Crippen LogP contribution in [0.5, 0.6) is 0 Å². The number of hydrogen-bond donors (Lipinski definition) is 2. The molecule has 26 heavy (non-hydrogen) atoms. The number of amides is 1. The minimum Gasteiger partial charge on any atom is -0.396 e. The lowest BCUT2D eigenvalue weighted by atomic mass is 10.0. The van der Waals surface area contributed by atoms with Crippen LogP contribution in [-0.4, -0.2) is 36.2 Å². The molecule has 7 heteroatoms. The second kappa shape index (κ2) is 9.80. The summed E-state index contributed by atoms with van der Waals surface area (Å²) in [5.74, 6) is -0.215. The Morgan fingerprint density at radius 3 is 2.77 bits per heavy atom. The maximum absolute atomic E-state index is 12.6. The first-order chi connectivity index (χ1) is 12.5. The molecule has 2 rings (SSSR count). The first-order valence-electron chi connectivity index (χ1n) is 8.66. The molecule has 0 saturated heterocycles. The molecule has 1 heterocycles. The molecule has 2 N–H and O–H groups in total. The van der Waals surface area contributed by atoms with Gasteiger partial charge in [-0.15, -0.1) is 11.3 Å². The number of ketones is 1. The standard InChI is InChI=1S/C19H23ClN2O3S/c1-3-6-15(25)16-14-8-7-13(11-21-9-4-5-10-23)17(20)18(14)26-19(16)22-12(2)24/h7-8,11,23H,3-6,9-10H2,1-2H3,(H,22,24)/b21-11-. The number of fused-ring (bicyclic) bond motifs is 1. The SMILES string of the molecule is CCCC(=O)c1c(NC(C)=O)sc2c(Cl)c(/C=N\CCCCO)ccc12. The van der Waals surface area contributed by atoms with E-state index in [9.17, 15) is 9.59 Å². The number of anilines is 1. The topological polar surface area (TPSA) is 78.8 Å². The molecule has 2 aromatic rings. The number of aliphatic hydroxyl groups is 1. The number of thiophene rings is 1. The molecule has 0 unspecified atom stereocenters. The third-order valence-electron chi connectivity index (χ3n) is 3.80. The van der Waals surface area contributed by atoms with E-state index in [0.29, 0.717) is 28.6 Å². The Morgan fingerprint density at radius 2 is 2.12 bits per heavy atom. The van der Waals surface area contributed by atoms with Crippen LogP contribution >= 0.6 is 22.9 Å². The number of benzene rings is 1. The number of carbonyl (C=O) groups excluding carboxylic acids is 2. The lowest BCUT2D eigenvalue weighted by Crippen LogP contribution is -2.08. The number of rotatable bonds is 9. The summed E-state index contributed by atoms with van der Waals surface area (Å²) >= 11 is 7.86. The van der Waals surface area contributed by atoms with Crippen LogP contribution in [0.4, 0.5) is 5.00 Å². The predicted octanol–water partition coefficient (Wildman–Crippen LogP) is 4.69. The smallest absolute Gasteiger partial charge is 0.221 e. The number of carbonyl (C=O) groups is 2. The normalized spacial score (nSPS) is 11.4. The van der Waals surface area contributed by atoms with Gasteiger partial charge >= 0.3 is 0 Å². The Hall–Kier alpha value is -1.76. The highest BCUT2D eigenvalue weighted by Crippen LogP contribution is 2.41. The van der Waals surface area contributed by atoms with Gasteiger partial charge in [0.15, 0.2) is 5.78 Å². The van der Waals surface area contributed by atoms with E-state index in [1.807, 2.05) is 19.1 Å². The fourth-order valence-electron chi connectivity index (χ4n) is 2.60. The fraction of sp³-hybridized carbons (Fsp3) is 0.421. The van der Waals surface area contributed by atoms with Gasteiger partial charge in [-0.2, -0.15) is 0 Å². The van der Waals surface area contributed by atoms with Crippen LogP contribution in [0.3, 0.4) is 0 Å². The van der Waals surface area contributed by atoms with Crippen molar-refractivity contribution in [2.45, 2.75) is 39.5 Å². The van der Waals surface area contributed by atoms with E-state index in [1.54, 1.807) is 6.21 Å². The van der Waals surface area contributed by atoms with Gasteiger partial charge in [0.05, 0.1) is 15.3 Å². The van der Waals surface area contributed by atoms with E-state index < -0.39 is 0 Å². The molecule has 0 bridgehead atoms. The molecule has 1 amide bonds. The van der Waals surface area contributed by atoms with Crippen molar-refractivity contribution in [1.82, 2.24) is 0 Å². The van der Waals surface area contributed by atoms with Gasteiger partial charge in [-0.3, -0.25) is 14.6 Å². The zero-order valence-corrected chi connectivity index (χ0v) is 16.5. The Morgan fingerprint density at radius 1 is 1.35 bits per heavy atom. The third kappa shape index (κ3) is 4.90. The number of halogens is 1. The van der Waals surface area contributed by atoms with Gasteiger partial charge in [0.1, 0.15) is 5.00 Å². The molecule has 1 aromatic carbocycles. The molecule has 0 aliphatic heterocycles. The Balaban J connectivity index is 2.43. The molecule has 0 atom stereocenters. The van der Waals surface area contributed by atoms with E-state index in [2.05, 4.69) is 10.3 Å². The number of aliphatic imine (C=N–C) groups is 1. The number of unbranched alkanes of at least 4 members (excludes halogenated alkanes) is 1. The zero-order valence-electron chi connectivity index (χ0n) is 15.0. The summed E-state index contributed by atoms with van der Waals surface area (Å²) in [7, 11) is 0. The van der Waals surface area contributed by atoms with Crippen molar-refractivity contribution < 1.29 is 14.7 Å². The summed E-state index contributed by atoms with van der Waals surface area (Å²) in [6.07, 6.45) is 4.41. The zero-order chi connectivity index (χ0) is 19.1. The number of Topliss-reactive ketones (excluding diaryl/α,β-unsaturated/α-hetero) is 1. The quantitative estimate of drug-likeness (QED) is 0.368. The van der Waals surface area contributed by atoms with Crippen molar-refractivity contribution in [1.29, 1.82) is 0 Å². The van der Waals surface area contributed by atoms with E-state index >= 15 is 0 Å². The third-order valence-corrected chi connectivity index (χ3v) is 5.46. The highest BCUT2D eigenvalue weighted by molar-refractivity contribution is 7.24. The molecule has 0 saturated carbocycles. The molecule has 0 aliphatic carbocycles. The second-order valence-corrected chi connectivity index (χ2v) is 7.37. The highest BCUT2D eigenvalue weighted by atomic mass is 35.5. The van der Waals surface area contributed by atoms with Crippen LogP contribution in [0.15, 0.2) is 17.1 Å². The van der Waals surface area contributed by atoms with Crippen molar-refractivity contribution in [3.05, 3.63) is 28.3 Å².